The van der Waals surface area contributed by atoms with E-state index in [1.165, 1.54) is 0 Å². The quantitative estimate of drug-likeness (QED) is 0.752. The van der Waals surface area contributed by atoms with Crippen molar-refractivity contribution in [1.29, 1.82) is 0 Å². The van der Waals surface area contributed by atoms with Crippen LogP contribution in [0, 0.1) is 6.92 Å². The van der Waals surface area contributed by atoms with Crippen molar-refractivity contribution in [1.82, 2.24) is 29.6 Å². The first kappa shape index (κ1) is 15.9. The van der Waals surface area contributed by atoms with Gasteiger partial charge in [-0.1, -0.05) is 6.07 Å². The molecule has 1 N–H and O–H groups in total. The maximum absolute atomic E-state index is 11.3. The molecule has 3 aromatic heterocycles. The number of rotatable bonds is 6. The fraction of sp³-hybridized carbons (Fsp3) is 0.294. The van der Waals surface area contributed by atoms with Crippen molar-refractivity contribution in [3.8, 4) is 17.2 Å². The SMILES string of the molecule is CNC(=O)CCCn1cc(-n2ccnc2-c2ccc(C)cn2)cn1. The standard InChI is InChI=1S/C17H20N6O/c1-13-5-6-15(20-10-13)17-19-7-9-23(17)14-11-21-22(12-14)8-3-4-16(24)18-2/h5-7,9-12H,3-4,8H2,1-2H3,(H,18,24). The minimum atomic E-state index is 0.0460. The fourth-order valence-electron chi connectivity index (χ4n) is 2.43. The van der Waals surface area contributed by atoms with Gasteiger partial charge in [-0.25, -0.2) is 4.98 Å². The van der Waals surface area contributed by atoms with Crippen LogP contribution >= 0.6 is 0 Å². The summed E-state index contributed by atoms with van der Waals surface area (Å²) in [7, 11) is 1.65. The zero-order chi connectivity index (χ0) is 16.9. The van der Waals surface area contributed by atoms with Crippen LogP contribution in [0.5, 0.6) is 0 Å². The van der Waals surface area contributed by atoms with Crippen molar-refractivity contribution < 1.29 is 4.79 Å². The Morgan fingerprint density at radius 2 is 2.12 bits per heavy atom. The van der Waals surface area contributed by atoms with Crippen LogP contribution in [-0.2, 0) is 11.3 Å². The molecule has 0 aliphatic carbocycles. The number of amides is 1. The molecule has 7 heteroatoms. The molecule has 1 amide bonds. The van der Waals surface area contributed by atoms with Gasteiger partial charge in [0, 0.05) is 44.8 Å². The summed E-state index contributed by atoms with van der Waals surface area (Å²) in [6.07, 6.45) is 10.5. The molecular weight excluding hydrogens is 304 g/mol. The average Bonchev–Trinajstić information content (AvgIpc) is 3.24. The summed E-state index contributed by atoms with van der Waals surface area (Å²) in [5.74, 6) is 0.824. The molecule has 0 unspecified atom stereocenters. The molecule has 0 radical (unpaired) electrons. The average molecular weight is 324 g/mol. The Kier molecular flexibility index (Phi) is 4.69. The number of carbonyl (C=O) groups is 1. The van der Waals surface area contributed by atoms with Gasteiger partial charge in [-0.2, -0.15) is 5.10 Å². The van der Waals surface area contributed by atoms with Crippen LogP contribution in [0.15, 0.2) is 43.1 Å². The summed E-state index contributed by atoms with van der Waals surface area (Å²) in [6.45, 7) is 2.70. The molecule has 0 fully saturated rings. The second kappa shape index (κ2) is 7.08. The van der Waals surface area contributed by atoms with Crippen molar-refractivity contribution in [2.24, 2.45) is 0 Å². The number of hydrogen-bond donors (Lipinski definition) is 1. The Morgan fingerprint density at radius 3 is 2.88 bits per heavy atom. The Hall–Kier alpha value is -2.96. The second-order valence-corrected chi connectivity index (χ2v) is 5.58. The lowest BCUT2D eigenvalue weighted by Crippen LogP contribution is -2.17. The number of aryl methyl sites for hydroxylation is 2. The Bertz CT molecular complexity index is 818. The van der Waals surface area contributed by atoms with Gasteiger partial charge in [0.2, 0.25) is 5.91 Å². The van der Waals surface area contributed by atoms with E-state index < -0.39 is 0 Å². The zero-order valence-corrected chi connectivity index (χ0v) is 13.8. The van der Waals surface area contributed by atoms with Gasteiger partial charge in [0.05, 0.1) is 11.9 Å². The molecule has 0 atom stereocenters. The minimum Gasteiger partial charge on any atom is -0.359 e. The molecule has 3 aromatic rings. The highest BCUT2D eigenvalue weighted by Crippen LogP contribution is 2.19. The van der Waals surface area contributed by atoms with Gasteiger partial charge in [-0.05, 0) is 25.0 Å². The lowest BCUT2D eigenvalue weighted by atomic mass is 10.2. The predicted molar refractivity (Wildman–Crippen MR) is 90.6 cm³/mol. The van der Waals surface area contributed by atoms with E-state index in [-0.39, 0.29) is 5.91 Å². The van der Waals surface area contributed by atoms with Crippen LogP contribution in [0.1, 0.15) is 18.4 Å². The third-order valence-electron chi connectivity index (χ3n) is 3.75. The maximum Gasteiger partial charge on any atom is 0.219 e. The van der Waals surface area contributed by atoms with E-state index >= 15 is 0 Å². The van der Waals surface area contributed by atoms with Gasteiger partial charge in [0.15, 0.2) is 5.82 Å². The number of nitrogens with zero attached hydrogens (tertiary/aromatic N) is 5. The molecule has 0 aliphatic heterocycles. The molecule has 0 saturated carbocycles. The van der Waals surface area contributed by atoms with Crippen molar-refractivity contribution >= 4 is 5.91 Å². The molecule has 7 nitrogen and oxygen atoms in total. The van der Waals surface area contributed by atoms with Crippen molar-refractivity contribution in [2.75, 3.05) is 7.05 Å². The number of carbonyl (C=O) groups excluding carboxylic acids is 1. The lowest BCUT2D eigenvalue weighted by Gasteiger charge is -2.05. The second-order valence-electron chi connectivity index (χ2n) is 5.58. The summed E-state index contributed by atoms with van der Waals surface area (Å²) < 4.78 is 3.80. The summed E-state index contributed by atoms with van der Waals surface area (Å²) >= 11 is 0. The third kappa shape index (κ3) is 3.51. The van der Waals surface area contributed by atoms with Crippen LogP contribution in [0.25, 0.3) is 17.2 Å². The fourth-order valence-corrected chi connectivity index (χ4v) is 2.43. The topological polar surface area (TPSA) is 77.6 Å². The Labute approximate surface area is 140 Å². The first-order chi connectivity index (χ1) is 11.7. The van der Waals surface area contributed by atoms with Gasteiger partial charge in [-0.15, -0.1) is 0 Å². The van der Waals surface area contributed by atoms with Gasteiger partial charge in [-0.3, -0.25) is 19.0 Å². The maximum atomic E-state index is 11.3. The molecule has 124 valence electrons. The molecular formula is C17H20N6O. The summed E-state index contributed by atoms with van der Waals surface area (Å²) in [6, 6.07) is 3.98. The van der Waals surface area contributed by atoms with E-state index in [1.54, 1.807) is 19.4 Å². The third-order valence-corrected chi connectivity index (χ3v) is 3.75. The van der Waals surface area contributed by atoms with E-state index in [4.69, 9.17) is 0 Å². The highest BCUT2D eigenvalue weighted by atomic mass is 16.1. The number of pyridine rings is 1. The largest absolute Gasteiger partial charge is 0.359 e. The molecule has 0 spiro atoms. The molecule has 3 heterocycles. The summed E-state index contributed by atoms with van der Waals surface area (Å²) in [4.78, 5) is 20.1. The van der Waals surface area contributed by atoms with Crippen LogP contribution in [0.2, 0.25) is 0 Å². The van der Waals surface area contributed by atoms with Gasteiger partial charge in [0.25, 0.3) is 0 Å². The first-order valence-corrected chi connectivity index (χ1v) is 7.87. The number of aromatic nitrogens is 5. The smallest absolute Gasteiger partial charge is 0.219 e. The monoisotopic (exact) mass is 324 g/mol. The Balaban J connectivity index is 1.75. The van der Waals surface area contributed by atoms with Crippen LogP contribution in [0.4, 0.5) is 0 Å². The van der Waals surface area contributed by atoms with Crippen LogP contribution in [0.3, 0.4) is 0 Å². The van der Waals surface area contributed by atoms with Crippen LogP contribution < -0.4 is 5.32 Å². The summed E-state index contributed by atoms with van der Waals surface area (Å²) in [5, 5.41) is 6.98. The van der Waals surface area contributed by atoms with E-state index in [1.807, 2.05) is 46.9 Å². The lowest BCUT2D eigenvalue weighted by molar-refractivity contribution is -0.120. The van der Waals surface area contributed by atoms with Crippen LogP contribution in [-0.4, -0.2) is 37.3 Å². The summed E-state index contributed by atoms with van der Waals surface area (Å²) in [5.41, 5.74) is 2.85. The van der Waals surface area contributed by atoms with E-state index in [9.17, 15) is 4.79 Å². The predicted octanol–water partition coefficient (Wildman–Crippen LogP) is 1.97. The highest BCUT2D eigenvalue weighted by Gasteiger charge is 2.10. The molecule has 0 aliphatic rings. The van der Waals surface area contributed by atoms with Gasteiger partial charge < -0.3 is 5.32 Å². The molecule has 0 bridgehead atoms. The number of nitrogens with one attached hydrogen (secondary N) is 1. The number of hydrogen-bond acceptors (Lipinski definition) is 4. The zero-order valence-electron chi connectivity index (χ0n) is 13.8. The van der Waals surface area contributed by atoms with Crippen molar-refractivity contribution in [3.63, 3.8) is 0 Å². The Morgan fingerprint density at radius 1 is 1.25 bits per heavy atom. The van der Waals surface area contributed by atoms with Crippen molar-refractivity contribution in [2.45, 2.75) is 26.3 Å². The molecule has 24 heavy (non-hydrogen) atoms. The van der Waals surface area contributed by atoms with E-state index in [0.29, 0.717) is 13.0 Å². The van der Waals surface area contributed by atoms with E-state index in [2.05, 4.69) is 20.4 Å². The van der Waals surface area contributed by atoms with E-state index in [0.717, 1.165) is 29.2 Å². The minimum absolute atomic E-state index is 0.0460. The van der Waals surface area contributed by atoms with Gasteiger partial charge >= 0.3 is 0 Å². The molecule has 0 saturated heterocycles. The molecule has 3 rings (SSSR count). The normalized spacial score (nSPS) is 10.8. The molecule has 0 aromatic carbocycles. The highest BCUT2D eigenvalue weighted by molar-refractivity contribution is 5.75. The van der Waals surface area contributed by atoms with Gasteiger partial charge in [0.1, 0.15) is 5.69 Å². The first-order valence-electron chi connectivity index (χ1n) is 7.87. The van der Waals surface area contributed by atoms with Crippen molar-refractivity contribution in [3.05, 3.63) is 48.7 Å². The number of imidazole rings is 1.